The number of hydrogen-bond donors (Lipinski definition) is 1. The zero-order valence-corrected chi connectivity index (χ0v) is 11.3. The molecule has 1 rings (SSSR count). The quantitative estimate of drug-likeness (QED) is 0.681. The highest BCUT2D eigenvalue weighted by molar-refractivity contribution is 6.51. The molecule has 6 heteroatoms. The Balaban J connectivity index is 2.83. The average molecular weight is 298 g/mol. The van der Waals surface area contributed by atoms with Crippen LogP contribution in [0.5, 0.6) is 5.75 Å². The summed E-state index contributed by atoms with van der Waals surface area (Å²) in [5.74, 6) is -1.03. The van der Waals surface area contributed by atoms with E-state index in [1.165, 1.54) is 12.1 Å². The number of halogens is 3. The number of para-hydroxylation sites is 1. The lowest BCUT2D eigenvalue weighted by atomic mass is 10.2. The van der Waals surface area contributed by atoms with Crippen LogP contribution >= 0.6 is 34.8 Å². The summed E-state index contributed by atoms with van der Waals surface area (Å²) in [6.07, 6.45) is 0.433. The molecule has 0 amide bonds. The van der Waals surface area contributed by atoms with Gasteiger partial charge in [0, 0.05) is 0 Å². The van der Waals surface area contributed by atoms with Crippen LogP contribution in [0, 0.1) is 0 Å². The maximum absolute atomic E-state index is 11.7. The Morgan fingerprint density at radius 1 is 1.47 bits per heavy atom. The van der Waals surface area contributed by atoms with Crippen LogP contribution in [0.2, 0.25) is 0 Å². The van der Waals surface area contributed by atoms with E-state index in [1.54, 1.807) is 19.1 Å². The first kappa shape index (κ1) is 14.4. The number of carbonyl (C=O) groups is 1. The molecule has 0 spiro atoms. The van der Waals surface area contributed by atoms with Crippen LogP contribution < -0.4 is 0 Å². The van der Waals surface area contributed by atoms with Crippen molar-refractivity contribution < 1.29 is 14.6 Å². The van der Waals surface area contributed by atoms with Crippen LogP contribution in [0.1, 0.15) is 23.7 Å². The van der Waals surface area contributed by atoms with Gasteiger partial charge < -0.3 is 9.84 Å². The zero-order chi connectivity index (χ0) is 13.1. The van der Waals surface area contributed by atoms with Crippen molar-refractivity contribution in [1.82, 2.24) is 0 Å². The summed E-state index contributed by atoms with van der Waals surface area (Å²) in [6.45, 7) is 1.75. The molecule has 0 heterocycles. The number of aromatic hydroxyl groups is 1. The number of hydrogen-bond acceptors (Lipinski definition) is 3. The summed E-state index contributed by atoms with van der Waals surface area (Å²) in [6, 6.07) is 5.92. The summed E-state index contributed by atoms with van der Waals surface area (Å²) in [7, 11) is 0. The predicted octanol–water partition coefficient (Wildman–Crippen LogP) is 3.70. The third-order valence-electron chi connectivity index (χ3n) is 2.08. The highest BCUT2D eigenvalue weighted by Gasteiger charge is 2.37. The Morgan fingerprint density at radius 3 is 2.59 bits per heavy atom. The number of phenols is 1. The van der Waals surface area contributed by atoms with Crippen molar-refractivity contribution in [2.24, 2.45) is 0 Å². The van der Waals surface area contributed by atoms with E-state index in [1.807, 2.05) is 0 Å². The Hall–Kier alpha value is -0.640. The topological polar surface area (TPSA) is 46.5 Å². The second-order valence-electron chi connectivity index (χ2n) is 3.34. The minimum absolute atomic E-state index is 0.0156. The van der Waals surface area contributed by atoms with Crippen molar-refractivity contribution in [3.05, 3.63) is 29.8 Å². The summed E-state index contributed by atoms with van der Waals surface area (Å²) in [5, 5.41) is 8.72. The van der Waals surface area contributed by atoms with Gasteiger partial charge in [-0.3, -0.25) is 0 Å². The highest BCUT2D eigenvalue weighted by Crippen LogP contribution is 2.34. The number of benzene rings is 1. The first-order valence-corrected chi connectivity index (χ1v) is 6.11. The van der Waals surface area contributed by atoms with E-state index in [9.17, 15) is 9.90 Å². The van der Waals surface area contributed by atoms with Gasteiger partial charge in [0.25, 0.3) is 4.52 Å². The van der Waals surface area contributed by atoms with Gasteiger partial charge in [-0.25, -0.2) is 4.79 Å². The minimum atomic E-state index is -1.82. The van der Waals surface area contributed by atoms with E-state index >= 15 is 0 Å². The van der Waals surface area contributed by atoms with Gasteiger partial charge in [-0.15, -0.1) is 11.6 Å². The molecule has 0 saturated carbocycles. The number of phenolic OH excluding ortho intramolecular Hbond substituents is 1. The second kappa shape index (κ2) is 5.80. The number of ether oxygens (including phenoxy) is 1. The van der Waals surface area contributed by atoms with Crippen LogP contribution in [0.3, 0.4) is 0 Å². The monoisotopic (exact) mass is 296 g/mol. The Kier molecular flexibility index (Phi) is 4.92. The first-order chi connectivity index (χ1) is 7.88. The van der Waals surface area contributed by atoms with Gasteiger partial charge >= 0.3 is 5.97 Å². The molecule has 0 saturated heterocycles. The Morgan fingerprint density at radius 2 is 2.06 bits per heavy atom. The van der Waals surface area contributed by atoms with Crippen LogP contribution in [-0.4, -0.2) is 21.0 Å². The van der Waals surface area contributed by atoms with Crippen molar-refractivity contribution >= 4 is 40.8 Å². The second-order valence-corrected chi connectivity index (χ2v) is 5.19. The number of esters is 1. The lowest BCUT2D eigenvalue weighted by Gasteiger charge is -2.24. The summed E-state index contributed by atoms with van der Waals surface area (Å²) in [5.41, 5.74) is -0.0156. The fourth-order valence-corrected chi connectivity index (χ4v) is 1.62. The highest BCUT2D eigenvalue weighted by atomic mass is 35.5. The van der Waals surface area contributed by atoms with Crippen molar-refractivity contribution in [1.29, 1.82) is 0 Å². The largest absolute Gasteiger partial charge is 0.507 e. The molecular formula is C11H11Cl3O3. The normalized spacial score (nSPS) is 13.2. The molecule has 0 aliphatic heterocycles. The Labute approximate surface area is 114 Å². The van der Waals surface area contributed by atoms with Crippen LogP contribution in [0.25, 0.3) is 0 Å². The summed E-state index contributed by atoms with van der Waals surface area (Å²) in [4.78, 5) is 11.7. The molecular weight excluding hydrogens is 286 g/mol. The van der Waals surface area contributed by atoms with Crippen molar-refractivity contribution in [2.75, 3.05) is 0 Å². The number of alkyl halides is 3. The molecule has 94 valence electrons. The van der Waals surface area contributed by atoms with Crippen molar-refractivity contribution in [3.63, 3.8) is 0 Å². The third-order valence-corrected chi connectivity index (χ3v) is 3.60. The van der Waals surface area contributed by atoms with Gasteiger partial charge in [0.1, 0.15) is 16.7 Å². The maximum Gasteiger partial charge on any atom is 0.344 e. The molecule has 3 nitrogen and oxygen atoms in total. The SMILES string of the molecule is CCC(Cl)C(Cl)(Cl)OC(=O)c1ccccc1O. The summed E-state index contributed by atoms with van der Waals surface area (Å²) >= 11 is 17.4. The molecule has 17 heavy (non-hydrogen) atoms. The van der Waals surface area contributed by atoms with E-state index in [0.29, 0.717) is 6.42 Å². The number of rotatable bonds is 4. The predicted molar refractivity (Wildman–Crippen MR) is 67.9 cm³/mol. The van der Waals surface area contributed by atoms with Crippen molar-refractivity contribution in [3.8, 4) is 5.75 Å². The van der Waals surface area contributed by atoms with Gasteiger partial charge in [0.2, 0.25) is 0 Å². The fourth-order valence-electron chi connectivity index (χ4n) is 1.13. The van der Waals surface area contributed by atoms with Gasteiger partial charge in [0.15, 0.2) is 0 Å². The fraction of sp³-hybridized carbons (Fsp3) is 0.364. The van der Waals surface area contributed by atoms with Gasteiger partial charge in [-0.2, -0.15) is 0 Å². The zero-order valence-electron chi connectivity index (χ0n) is 8.99. The average Bonchev–Trinajstić information content (AvgIpc) is 2.27. The maximum atomic E-state index is 11.7. The van der Waals surface area contributed by atoms with Crippen LogP contribution in [0.15, 0.2) is 24.3 Å². The summed E-state index contributed by atoms with van der Waals surface area (Å²) < 4.78 is 3.03. The van der Waals surface area contributed by atoms with Gasteiger partial charge in [-0.05, 0) is 18.6 Å². The lowest BCUT2D eigenvalue weighted by molar-refractivity contribution is 0.0362. The third kappa shape index (κ3) is 3.66. The first-order valence-electron chi connectivity index (χ1n) is 4.91. The van der Waals surface area contributed by atoms with E-state index in [0.717, 1.165) is 0 Å². The molecule has 1 unspecified atom stereocenters. The molecule has 1 aromatic rings. The smallest absolute Gasteiger partial charge is 0.344 e. The molecule has 1 N–H and O–H groups in total. The molecule has 1 atom stereocenters. The molecule has 0 aromatic heterocycles. The molecule has 0 fully saturated rings. The molecule has 0 aliphatic carbocycles. The van der Waals surface area contributed by atoms with Crippen LogP contribution in [-0.2, 0) is 4.74 Å². The van der Waals surface area contributed by atoms with E-state index < -0.39 is 15.9 Å². The number of carbonyl (C=O) groups excluding carboxylic acids is 1. The standard InChI is InChI=1S/C11H11Cl3O3/c1-2-9(12)11(13,14)17-10(16)7-5-3-4-6-8(7)15/h3-6,9,15H,2H2,1H3. The van der Waals surface area contributed by atoms with Gasteiger partial charge in [-0.1, -0.05) is 42.3 Å². The van der Waals surface area contributed by atoms with E-state index in [-0.39, 0.29) is 11.3 Å². The molecule has 0 radical (unpaired) electrons. The van der Waals surface area contributed by atoms with E-state index in [2.05, 4.69) is 0 Å². The lowest BCUT2D eigenvalue weighted by Crippen LogP contribution is -2.32. The van der Waals surface area contributed by atoms with Crippen molar-refractivity contribution in [2.45, 2.75) is 23.2 Å². The van der Waals surface area contributed by atoms with E-state index in [4.69, 9.17) is 39.5 Å². The molecule has 1 aromatic carbocycles. The minimum Gasteiger partial charge on any atom is -0.507 e. The Bertz CT molecular complexity index is 407. The molecule has 0 bridgehead atoms. The molecule has 0 aliphatic rings. The van der Waals surface area contributed by atoms with Gasteiger partial charge in [0.05, 0.1) is 0 Å². The van der Waals surface area contributed by atoms with Crippen LogP contribution in [0.4, 0.5) is 0 Å².